The van der Waals surface area contributed by atoms with Crippen LogP contribution in [0.1, 0.15) is 38.3 Å². The van der Waals surface area contributed by atoms with Gasteiger partial charge in [0.15, 0.2) is 0 Å². The van der Waals surface area contributed by atoms with Gasteiger partial charge >= 0.3 is 10.1 Å². The van der Waals surface area contributed by atoms with Crippen LogP contribution in [0.5, 0.6) is 5.75 Å². The minimum absolute atomic E-state index is 0.0318. The van der Waals surface area contributed by atoms with Crippen LogP contribution in [-0.4, -0.2) is 31.0 Å². The molecule has 0 bridgehead atoms. The zero-order valence-electron chi connectivity index (χ0n) is 16.4. The molecule has 2 rings (SSSR count). The Balaban J connectivity index is 2.11. The minimum atomic E-state index is -3.57. The summed E-state index contributed by atoms with van der Waals surface area (Å²) in [6, 6.07) is 12.6. The van der Waals surface area contributed by atoms with Crippen LogP contribution in [0.3, 0.4) is 0 Å². The van der Waals surface area contributed by atoms with Gasteiger partial charge in [0.2, 0.25) is 5.91 Å². The molecule has 0 heterocycles. The zero-order chi connectivity index (χ0) is 20.7. The molecule has 28 heavy (non-hydrogen) atoms. The fourth-order valence-corrected chi connectivity index (χ4v) is 3.16. The summed E-state index contributed by atoms with van der Waals surface area (Å²) < 4.78 is 41.1. The Morgan fingerprint density at radius 2 is 1.61 bits per heavy atom. The predicted molar refractivity (Wildman–Crippen MR) is 107 cm³/mol. The molecule has 0 aromatic heterocycles. The lowest BCUT2D eigenvalue weighted by atomic mass is 10.1. The van der Waals surface area contributed by atoms with E-state index in [-0.39, 0.29) is 35.7 Å². The molecule has 5 nitrogen and oxygen atoms in total. The molecule has 7 heteroatoms. The topological polar surface area (TPSA) is 63.7 Å². The summed E-state index contributed by atoms with van der Waals surface area (Å²) in [6.45, 7) is 5.90. The Kier molecular flexibility index (Phi) is 7.57. The Labute approximate surface area is 166 Å². The van der Waals surface area contributed by atoms with Crippen LogP contribution in [-0.2, 0) is 27.9 Å². The van der Waals surface area contributed by atoms with E-state index in [1.165, 1.54) is 19.1 Å². The smallest absolute Gasteiger partial charge is 0.308 e. The van der Waals surface area contributed by atoms with Crippen LogP contribution in [0.4, 0.5) is 4.39 Å². The molecule has 0 radical (unpaired) electrons. The van der Waals surface area contributed by atoms with Gasteiger partial charge in [0.25, 0.3) is 0 Å². The van der Waals surface area contributed by atoms with Gasteiger partial charge in [-0.2, -0.15) is 8.42 Å². The summed E-state index contributed by atoms with van der Waals surface area (Å²) in [6.07, 6.45) is 0.992. The minimum Gasteiger partial charge on any atom is -0.382 e. The van der Waals surface area contributed by atoms with E-state index in [2.05, 4.69) is 0 Å². The van der Waals surface area contributed by atoms with Gasteiger partial charge in [-0.05, 0) is 55.7 Å². The van der Waals surface area contributed by atoms with Crippen molar-refractivity contribution in [1.82, 2.24) is 4.90 Å². The molecular formula is C21H26FNO4S. The van der Waals surface area contributed by atoms with E-state index in [0.717, 1.165) is 17.5 Å². The maximum atomic E-state index is 13.1. The third kappa shape index (κ3) is 6.34. The summed E-state index contributed by atoms with van der Waals surface area (Å²) in [5.41, 5.74) is 1.63. The Hall–Kier alpha value is -2.41. The average Bonchev–Trinajstić information content (AvgIpc) is 2.68. The van der Waals surface area contributed by atoms with E-state index >= 15 is 0 Å². The molecule has 0 spiro atoms. The van der Waals surface area contributed by atoms with Crippen molar-refractivity contribution in [2.24, 2.45) is 0 Å². The van der Waals surface area contributed by atoms with Gasteiger partial charge in [-0.25, -0.2) is 4.39 Å². The summed E-state index contributed by atoms with van der Waals surface area (Å²) in [7, 11) is -3.57. The number of carbonyl (C=O) groups is 1. The van der Waals surface area contributed by atoms with E-state index in [1.807, 2.05) is 13.8 Å². The first-order valence-electron chi connectivity index (χ1n) is 9.29. The van der Waals surface area contributed by atoms with E-state index < -0.39 is 10.1 Å². The highest BCUT2D eigenvalue weighted by atomic mass is 32.2. The average molecular weight is 408 g/mol. The molecule has 0 aliphatic rings. The molecule has 152 valence electrons. The van der Waals surface area contributed by atoms with Crippen LogP contribution in [0.2, 0.25) is 0 Å². The normalized spacial score (nSPS) is 12.4. The van der Waals surface area contributed by atoms with Gasteiger partial charge in [-0.15, -0.1) is 0 Å². The molecule has 0 saturated heterocycles. The molecule has 0 saturated carbocycles. The highest BCUT2D eigenvalue weighted by Gasteiger charge is 2.20. The first kappa shape index (κ1) is 21.9. The number of nitrogens with zero attached hydrogens (tertiary/aromatic N) is 1. The van der Waals surface area contributed by atoms with Crippen LogP contribution in [0.15, 0.2) is 48.5 Å². The summed E-state index contributed by atoms with van der Waals surface area (Å²) in [4.78, 5) is 14.6. The Morgan fingerprint density at radius 1 is 1.04 bits per heavy atom. The molecule has 2 aromatic rings. The number of amides is 1. The molecular weight excluding hydrogens is 381 g/mol. The van der Waals surface area contributed by atoms with Crippen molar-refractivity contribution >= 4 is 16.0 Å². The van der Waals surface area contributed by atoms with Gasteiger partial charge in [0.05, 0.1) is 12.2 Å². The van der Waals surface area contributed by atoms with Crippen molar-refractivity contribution in [1.29, 1.82) is 0 Å². The van der Waals surface area contributed by atoms with Gasteiger partial charge in [-0.1, -0.05) is 31.2 Å². The van der Waals surface area contributed by atoms with Gasteiger partial charge < -0.3 is 9.08 Å². The standard InChI is InChI=1S/C21H26FNO4S/c1-4-16(3)23(21(24)14-17-6-10-19(22)11-7-17)15-18-8-12-20(13-9-18)27-28(25,26)5-2/h6-13,16H,4-5,14-15H2,1-3H3/t16-/m1/s1. The first-order chi connectivity index (χ1) is 13.2. The highest BCUT2D eigenvalue weighted by molar-refractivity contribution is 7.87. The van der Waals surface area contributed by atoms with Crippen molar-refractivity contribution in [2.45, 2.75) is 46.2 Å². The maximum Gasteiger partial charge on any atom is 0.308 e. The second-order valence-corrected chi connectivity index (χ2v) is 8.52. The van der Waals surface area contributed by atoms with E-state index in [1.54, 1.807) is 41.3 Å². The van der Waals surface area contributed by atoms with Crippen molar-refractivity contribution in [3.8, 4) is 5.75 Å². The van der Waals surface area contributed by atoms with Crippen molar-refractivity contribution < 1.29 is 21.8 Å². The summed E-state index contributed by atoms with van der Waals surface area (Å²) in [5.74, 6) is -0.232. The number of hydrogen-bond acceptors (Lipinski definition) is 4. The molecule has 1 atom stereocenters. The van der Waals surface area contributed by atoms with E-state index in [0.29, 0.717) is 6.54 Å². The number of rotatable bonds is 9. The van der Waals surface area contributed by atoms with Crippen LogP contribution in [0, 0.1) is 5.82 Å². The lowest BCUT2D eigenvalue weighted by Crippen LogP contribution is -2.38. The molecule has 0 unspecified atom stereocenters. The van der Waals surface area contributed by atoms with Gasteiger partial charge in [-0.3, -0.25) is 4.79 Å². The fourth-order valence-electron chi connectivity index (χ4n) is 2.64. The summed E-state index contributed by atoms with van der Waals surface area (Å²) >= 11 is 0. The van der Waals surface area contributed by atoms with Gasteiger partial charge in [0, 0.05) is 12.6 Å². The quantitative estimate of drug-likeness (QED) is 0.591. The molecule has 0 aliphatic heterocycles. The zero-order valence-corrected chi connectivity index (χ0v) is 17.2. The fraction of sp³-hybridized carbons (Fsp3) is 0.381. The van der Waals surface area contributed by atoms with Gasteiger partial charge in [0.1, 0.15) is 11.6 Å². The third-order valence-corrected chi connectivity index (χ3v) is 5.72. The van der Waals surface area contributed by atoms with Crippen molar-refractivity contribution in [2.75, 3.05) is 5.75 Å². The number of benzene rings is 2. The Morgan fingerprint density at radius 3 is 2.14 bits per heavy atom. The maximum absolute atomic E-state index is 13.1. The molecule has 2 aromatic carbocycles. The number of halogens is 1. The highest BCUT2D eigenvalue weighted by Crippen LogP contribution is 2.18. The van der Waals surface area contributed by atoms with E-state index in [9.17, 15) is 17.6 Å². The largest absolute Gasteiger partial charge is 0.382 e. The SMILES string of the molecule is CC[C@@H](C)N(Cc1ccc(OS(=O)(=O)CC)cc1)C(=O)Cc1ccc(F)cc1. The van der Waals surface area contributed by atoms with Crippen LogP contribution in [0.25, 0.3) is 0 Å². The van der Waals surface area contributed by atoms with Crippen LogP contribution < -0.4 is 4.18 Å². The van der Waals surface area contributed by atoms with E-state index in [4.69, 9.17) is 4.18 Å². The lowest BCUT2D eigenvalue weighted by Gasteiger charge is -2.29. The van der Waals surface area contributed by atoms with Crippen molar-refractivity contribution in [3.63, 3.8) is 0 Å². The first-order valence-corrected chi connectivity index (χ1v) is 10.9. The number of carbonyl (C=O) groups excluding carboxylic acids is 1. The van der Waals surface area contributed by atoms with Crippen molar-refractivity contribution in [3.05, 3.63) is 65.5 Å². The second kappa shape index (κ2) is 9.68. The van der Waals surface area contributed by atoms with Crippen LogP contribution >= 0.6 is 0 Å². The molecule has 0 N–H and O–H groups in total. The third-order valence-electron chi connectivity index (χ3n) is 4.56. The molecule has 0 fully saturated rings. The lowest BCUT2D eigenvalue weighted by molar-refractivity contribution is -0.133. The molecule has 1 amide bonds. The number of hydrogen-bond donors (Lipinski definition) is 0. The second-order valence-electron chi connectivity index (χ2n) is 6.66. The Bertz CT molecular complexity index is 880. The monoisotopic (exact) mass is 407 g/mol. The molecule has 0 aliphatic carbocycles. The summed E-state index contributed by atoms with van der Waals surface area (Å²) in [5, 5.41) is 0. The predicted octanol–water partition coefficient (Wildman–Crippen LogP) is 3.92.